The fraction of sp³-hybridized carbons (Fsp3) is 0.333. The molecule has 0 unspecified atom stereocenters. The van der Waals surface area contributed by atoms with Gasteiger partial charge in [0.15, 0.2) is 11.6 Å². The highest BCUT2D eigenvalue weighted by atomic mass is 32.2. The minimum Gasteiger partial charge on any atom is -0.495 e. The lowest BCUT2D eigenvalue weighted by molar-refractivity contribution is 0.388. The van der Waals surface area contributed by atoms with Crippen molar-refractivity contribution in [2.75, 3.05) is 13.4 Å². The number of hydrogen-bond acceptors (Lipinski definition) is 2. The minimum absolute atomic E-state index is 0.214. The summed E-state index contributed by atoms with van der Waals surface area (Å²) >= 11 is 1.13. The van der Waals surface area contributed by atoms with Crippen molar-refractivity contribution in [3.63, 3.8) is 0 Å². The lowest BCUT2D eigenvalue weighted by Crippen LogP contribution is -1.96. The third-order valence-corrected chi connectivity index (χ3v) is 2.52. The molecule has 13 heavy (non-hydrogen) atoms. The third kappa shape index (κ3) is 1.77. The Kier molecular flexibility index (Phi) is 3.14. The molecule has 0 amide bonds. The zero-order valence-corrected chi connectivity index (χ0v) is 8.47. The van der Waals surface area contributed by atoms with Crippen LogP contribution in [0.25, 0.3) is 0 Å². The van der Waals surface area contributed by atoms with E-state index in [1.807, 2.05) is 0 Å². The van der Waals surface area contributed by atoms with E-state index in [4.69, 9.17) is 4.74 Å². The second-order valence-corrected chi connectivity index (χ2v) is 3.37. The van der Waals surface area contributed by atoms with Crippen LogP contribution in [-0.4, -0.2) is 13.4 Å². The maximum Gasteiger partial charge on any atom is 0.176 e. The van der Waals surface area contributed by atoms with Crippen molar-refractivity contribution in [1.82, 2.24) is 0 Å². The van der Waals surface area contributed by atoms with E-state index in [9.17, 15) is 8.78 Å². The first-order chi connectivity index (χ1) is 6.11. The Hall–Kier alpha value is -0.770. The van der Waals surface area contributed by atoms with E-state index in [1.54, 1.807) is 6.26 Å². The van der Waals surface area contributed by atoms with Crippen molar-refractivity contribution in [2.45, 2.75) is 11.8 Å². The Morgan fingerprint density at radius 3 is 2.38 bits per heavy atom. The lowest BCUT2D eigenvalue weighted by Gasteiger charge is -2.09. The Balaban J connectivity index is 3.39. The molecule has 0 bridgehead atoms. The smallest absolute Gasteiger partial charge is 0.176 e. The van der Waals surface area contributed by atoms with Crippen LogP contribution >= 0.6 is 11.8 Å². The molecule has 0 saturated carbocycles. The topological polar surface area (TPSA) is 9.23 Å². The molecular weight excluding hydrogens is 194 g/mol. The predicted molar refractivity (Wildman–Crippen MR) is 49.4 cm³/mol. The van der Waals surface area contributed by atoms with E-state index >= 15 is 0 Å². The van der Waals surface area contributed by atoms with Gasteiger partial charge in [0.1, 0.15) is 5.75 Å². The van der Waals surface area contributed by atoms with Crippen LogP contribution in [0.1, 0.15) is 5.56 Å². The van der Waals surface area contributed by atoms with Gasteiger partial charge in [0.25, 0.3) is 0 Å². The Bertz CT molecular complexity index is 326. The summed E-state index contributed by atoms with van der Waals surface area (Å²) in [5.74, 6) is -1.25. The molecule has 72 valence electrons. The fourth-order valence-electron chi connectivity index (χ4n) is 1.05. The summed E-state index contributed by atoms with van der Waals surface area (Å²) in [6.45, 7) is 1.50. The highest BCUT2D eigenvalue weighted by Gasteiger charge is 2.15. The van der Waals surface area contributed by atoms with Gasteiger partial charge in [0.2, 0.25) is 0 Å². The zero-order valence-electron chi connectivity index (χ0n) is 7.65. The Morgan fingerprint density at radius 2 is 1.92 bits per heavy atom. The van der Waals surface area contributed by atoms with Gasteiger partial charge in [-0.3, -0.25) is 0 Å². The molecule has 4 heteroatoms. The molecule has 0 saturated heterocycles. The van der Waals surface area contributed by atoms with Gasteiger partial charge in [0.05, 0.1) is 12.0 Å². The van der Waals surface area contributed by atoms with Gasteiger partial charge >= 0.3 is 0 Å². The average molecular weight is 204 g/mol. The van der Waals surface area contributed by atoms with Crippen LogP contribution in [0, 0.1) is 18.6 Å². The lowest BCUT2D eigenvalue weighted by atomic mass is 10.2. The molecule has 1 aromatic rings. The van der Waals surface area contributed by atoms with E-state index in [-0.39, 0.29) is 10.5 Å². The molecule has 0 aliphatic rings. The van der Waals surface area contributed by atoms with Gasteiger partial charge in [-0.15, -0.1) is 11.8 Å². The molecule has 0 atom stereocenters. The molecule has 0 fully saturated rings. The number of rotatable bonds is 2. The SMILES string of the molecule is COc1cc(C)c(F)c(F)c1SC. The second-order valence-electron chi connectivity index (χ2n) is 2.56. The standard InChI is InChI=1S/C9H10F2OS/c1-5-4-6(12-2)9(13-3)8(11)7(5)10/h4H,1-3H3. The van der Waals surface area contributed by atoms with Gasteiger partial charge < -0.3 is 4.74 Å². The number of aryl methyl sites for hydroxylation is 1. The Labute approximate surface area is 80.1 Å². The molecule has 0 N–H and O–H groups in total. The molecule has 0 aromatic heterocycles. The van der Waals surface area contributed by atoms with E-state index in [1.165, 1.54) is 20.1 Å². The van der Waals surface area contributed by atoms with Crippen molar-refractivity contribution in [3.05, 3.63) is 23.3 Å². The molecule has 1 nitrogen and oxygen atoms in total. The second kappa shape index (κ2) is 3.96. The third-order valence-electron chi connectivity index (χ3n) is 1.73. The van der Waals surface area contributed by atoms with Gasteiger partial charge in [-0.05, 0) is 24.8 Å². The van der Waals surface area contributed by atoms with Gasteiger partial charge in [-0.1, -0.05) is 0 Å². The molecular formula is C9H10F2OS. The predicted octanol–water partition coefficient (Wildman–Crippen LogP) is 3.00. The first kappa shape index (κ1) is 10.3. The summed E-state index contributed by atoms with van der Waals surface area (Å²) in [5, 5.41) is 0. The van der Waals surface area contributed by atoms with E-state index in [0.717, 1.165) is 11.8 Å². The summed E-state index contributed by atoms with van der Waals surface area (Å²) in [6, 6.07) is 1.49. The number of thioether (sulfide) groups is 1. The molecule has 0 heterocycles. The van der Waals surface area contributed by atoms with Crippen LogP contribution in [0.15, 0.2) is 11.0 Å². The van der Waals surface area contributed by atoms with E-state index in [2.05, 4.69) is 0 Å². The first-order valence-corrected chi connectivity index (χ1v) is 4.90. The average Bonchev–Trinajstić information content (AvgIpc) is 2.13. The van der Waals surface area contributed by atoms with Crippen molar-refractivity contribution in [1.29, 1.82) is 0 Å². The van der Waals surface area contributed by atoms with Crippen LogP contribution in [0.5, 0.6) is 5.75 Å². The first-order valence-electron chi connectivity index (χ1n) is 3.68. The Morgan fingerprint density at radius 1 is 1.31 bits per heavy atom. The quantitative estimate of drug-likeness (QED) is 0.685. The van der Waals surface area contributed by atoms with Crippen LogP contribution in [0.2, 0.25) is 0 Å². The van der Waals surface area contributed by atoms with Crippen LogP contribution < -0.4 is 4.74 Å². The zero-order chi connectivity index (χ0) is 10.0. The van der Waals surface area contributed by atoms with Crippen molar-refractivity contribution in [3.8, 4) is 5.75 Å². The maximum atomic E-state index is 13.2. The van der Waals surface area contributed by atoms with Crippen LogP contribution in [0.3, 0.4) is 0 Å². The summed E-state index contributed by atoms with van der Waals surface area (Å²) in [6.07, 6.45) is 1.68. The van der Waals surface area contributed by atoms with Gasteiger partial charge in [0, 0.05) is 0 Å². The number of hydrogen-bond donors (Lipinski definition) is 0. The van der Waals surface area contributed by atoms with Crippen LogP contribution in [-0.2, 0) is 0 Å². The number of methoxy groups -OCH3 is 1. The molecule has 1 aromatic carbocycles. The largest absolute Gasteiger partial charge is 0.495 e. The number of benzene rings is 1. The van der Waals surface area contributed by atoms with Crippen LogP contribution in [0.4, 0.5) is 8.78 Å². The van der Waals surface area contributed by atoms with Crippen molar-refractivity contribution in [2.24, 2.45) is 0 Å². The van der Waals surface area contributed by atoms with Crippen molar-refractivity contribution >= 4 is 11.8 Å². The molecule has 0 aliphatic heterocycles. The summed E-state index contributed by atoms with van der Waals surface area (Å²) in [4.78, 5) is 0.214. The van der Waals surface area contributed by atoms with E-state index in [0.29, 0.717) is 5.75 Å². The highest BCUT2D eigenvalue weighted by Crippen LogP contribution is 2.33. The fourth-order valence-corrected chi connectivity index (χ4v) is 1.66. The number of halogens is 2. The minimum atomic E-state index is -0.829. The summed E-state index contributed by atoms with van der Waals surface area (Å²) in [7, 11) is 1.44. The maximum absolute atomic E-state index is 13.2. The highest BCUT2D eigenvalue weighted by molar-refractivity contribution is 7.98. The van der Waals surface area contributed by atoms with E-state index < -0.39 is 11.6 Å². The monoisotopic (exact) mass is 204 g/mol. The molecule has 0 spiro atoms. The van der Waals surface area contributed by atoms with Crippen molar-refractivity contribution < 1.29 is 13.5 Å². The summed E-state index contributed by atoms with van der Waals surface area (Å²) < 4.78 is 31.2. The summed E-state index contributed by atoms with van der Waals surface area (Å²) in [5.41, 5.74) is 0.257. The molecule has 1 rings (SSSR count). The number of ether oxygens (including phenoxy) is 1. The molecule has 0 radical (unpaired) electrons. The van der Waals surface area contributed by atoms with Gasteiger partial charge in [-0.25, -0.2) is 8.78 Å². The normalized spacial score (nSPS) is 10.2. The molecule has 0 aliphatic carbocycles. The van der Waals surface area contributed by atoms with Gasteiger partial charge in [-0.2, -0.15) is 0 Å².